The summed E-state index contributed by atoms with van der Waals surface area (Å²) in [5.74, 6) is 0.206. The van der Waals surface area contributed by atoms with Crippen LogP contribution in [-0.4, -0.2) is 28.2 Å². The van der Waals surface area contributed by atoms with Gasteiger partial charge in [0, 0.05) is 12.1 Å². The average Bonchev–Trinajstić information content (AvgIpc) is 2.34. The lowest BCUT2D eigenvalue weighted by atomic mass is 10.2. The smallest absolute Gasteiger partial charge is 0.410 e. The lowest BCUT2D eigenvalue weighted by Gasteiger charge is -2.27. The normalized spacial score (nSPS) is 11.2. The van der Waals surface area contributed by atoms with Gasteiger partial charge < -0.3 is 14.7 Å². The average molecular weight is 279 g/mol. The van der Waals surface area contributed by atoms with E-state index >= 15 is 0 Å². The van der Waals surface area contributed by atoms with Gasteiger partial charge in [0.1, 0.15) is 11.4 Å². The number of benzene rings is 1. The first kappa shape index (κ1) is 16.3. The first-order valence-electron chi connectivity index (χ1n) is 7.08. The van der Waals surface area contributed by atoms with Crippen LogP contribution in [-0.2, 0) is 11.3 Å². The molecule has 1 aromatic carbocycles. The van der Waals surface area contributed by atoms with Gasteiger partial charge in [0.2, 0.25) is 0 Å². The number of unbranched alkanes of at least 4 members (excludes halogenated alkanes) is 1. The van der Waals surface area contributed by atoms with E-state index in [1.54, 1.807) is 17.0 Å². The fourth-order valence-corrected chi connectivity index (χ4v) is 1.76. The highest BCUT2D eigenvalue weighted by Crippen LogP contribution is 2.19. The van der Waals surface area contributed by atoms with Crippen molar-refractivity contribution in [3.8, 4) is 5.75 Å². The third-order valence-corrected chi connectivity index (χ3v) is 2.79. The first-order chi connectivity index (χ1) is 9.33. The summed E-state index contributed by atoms with van der Waals surface area (Å²) in [6.07, 6.45) is 1.57. The molecule has 1 amide bonds. The zero-order valence-corrected chi connectivity index (χ0v) is 12.8. The molecule has 0 heterocycles. The van der Waals surface area contributed by atoms with Crippen molar-refractivity contribution in [2.45, 2.75) is 52.7 Å². The van der Waals surface area contributed by atoms with Crippen LogP contribution in [0, 0.1) is 0 Å². The minimum atomic E-state index is -0.514. The predicted octanol–water partition coefficient (Wildman–Crippen LogP) is 3.93. The van der Waals surface area contributed by atoms with E-state index in [-0.39, 0.29) is 11.8 Å². The number of hydrogen-bond donors (Lipinski definition) is 1. The lowest BCUT2D eigenvalue weighted by Crippen LogP contribution is -2.37. The zero-order chi connectivity index (χ0) is 15.2. The molecule has 0 saturated carbocycles. The topological polar surface area (TPSA) is 49.8 Å². The van der Waals surface area contributed by atoms with Crippen molar-refractivity contribution in [3.63, 3.8) is 0 Å². The SMILES string of the molecule is CCCCN(Cc1ccccc1O)C(=O)OC(C)(C)C. The molecule has 0 saturated heterocycles. The van der Waals surface area contributed by atoms with Gasteiger partial charge in [-0.2, -0.15) is 0 Å². The third-order valence-electron chi connectivity index (χ3n) is 2.79. The molecule has 1 N–H and O–H groups in total. The van der Waals surface area contributed by atoms with Crippen LogP contribution in [0.1, 0.15) is 46.1 Å². The molecule has 0 radical (unpaired) electrons. The van der Waals surface area contributed by atoms with E-state index in [0.717, 1.165) is 18.4 Å². The maximum Gasteiger partial charge on any atom is 0.410 e. The van der Waals surface area contributed by atoms with Crippen LogP contribution in [0.2, 0.25) is 0 Å². The van der Waals surface area contributed by atoms with Gasteiger partial charge in [-0.15, -0.1) is 0 Å². The molecule has 20 heavy (non-hydrogen) atoms. The monoisotopic (exact) mass is 279 g/mol. The number of amides is 1. The van der Waals surface area contributed by atoms with Gasteiger partial charge in [0.15, 0.2) is 0 Å². The number of para-hydroxylation sites is 1. The van der Waals surface area contributed by atoms with Crippen molar-refractivity contribution in [2.75, 3.05) is 6.54 Å². The third kappa shape index (κ3) is 5.51. The number of carbonyl (C=O) groups excluding carboxylic acids is 1. The molecule has 0 fully saturated rings. The second kappa shape index (κ2) is 7.17. The summed E-state index contributed by atoms with van der Waals surface area (Å²) in [5.41, 5.74) is 0.217. The van der Waals surface area contributed by atoms with Gasteiger partial charge in [-0.05, 0) is 33.3 Å². The zero-order valence-electron chi connectivity index (χ0n) is 12.8. The molecule has 1 aromatic rings. The largest absolute Gasteiger partial charge is 0.508 e. The van der Waals surface area contributed by atoms with E-state index in [4.69, 9.17) is 4.74 Å². The molecule has 0 atom stereocenters. The molecule has 4 nitrogen and oxygen atoms in total. The molecule has 112 valence electrons. The van der Waals surface area contributed by atoms with Crippen molar-refractivity contribution in [1.82, 2.24) is 4.90 Å². The molecule has 0 unspecified atom stereocenters. The Kier molecular flexibility index (Phi) is 5.86. The van der Waals surface area contributed by atoms with Crippen molar-refractivity contribution >= 4 is 6.09 Å². The fraction of sp³-hybridized carbons (Fsp3) is 0.562. The number of hydrogen-bond acceptors (Lipinski definition) is 3. The van der Waals surface area contributed by atoms with Gasteiger partial charge in [-0.3, -0.25) is 0 Å². The van der Waals surface area contributed by atoms with E-state index in [1.165, 1.54) is 0 Å². The highest BCUT2D eigenvalue weighted by atomic mass is 16.6. The van der Waals surface area contributed by atoms with Gasteiger partial charge in [-0.25, -0.2) is 4.79 Å². The van der Waals surface area contributed by atoms with E-state index < -0.39 is 5.60 Å². The summed E-state index contributed by atoms with van der Waals surface area (Å²) in [4.78, 5) is 13.8. The van der Waals surface area contributed by atoms with Crippen molar-refractivity contribution in [1.29, 1.82) is 0 Å². The number of nitrogens with zero attached hydrogens (tertiary/aromatic N) is 1. The maximum absolute atomic E-state index is 12.2. The minimum Gasteiger partial charge on any atom is -0.508 e. The summed E-state index contributed by atoms with van der Waals surface area (Å²) < 4.78 is 5.41. The van der Waals surface area contributed by atoms with Crippen LogP contribution < -0.4 is 0 Å². The van der Waals surface area contributed by atoms with E-state index in [9.17, 15) is 9.90 Å². The molecule has 1 rings (SSSR count). The Morgan fingerprint density at radius 2 is 1.95 bits per heavy atom. The Morgan fingerprint density at radius 3 is 2.50 bits per heavy atom. The Labute approximate surface area is 121 Å². The van der Waals surface area contributed by atoms with Crippen LogP contribution in [0.25, 0.3) is 0 Å². The molecule has 0 spiro atoms. The van der Waals surface area contributed by atoms with E-state index in [0.29, 0.717) is 13.1 Å². The van der Waals surface area contributed by atoms with Crippen LogP contribution in [0.15, 0.2) is 24.3 Å². The van der Waals surface area contributed by atoms with Crippen molar-refractivity contribution in [3.05, 3.63) is 29.8 Å². The Bertz CT molecular complexity index is 438. The van der Waals surface area contributed by atoms with Crippen LogP contribution in [0.4, 0.5) is 4.79 Å². The van der Waals surface area contributed by atoms with Gasteiger partial charge in [-0.1, -0.05) is 31.5 Å². The summed E-state index contributed by atoms with van der Waals surface area (Å²) in [6, 6.07) is 7.06. The molecule has 0 aromatic heterocycles. The number of phenols is 1. The summed E-state index contributed by atoms with van der Waals surface area (Å²) in [6.45, 7) is 8.61. The summed E-state index contributed by atoms with van der Waals surface area (Å²) in [5, 5.41) is 9.82. The highest BCUT2D eigenvalue weighted by Gasteiger charge is 2.22. The van der Waals surface area contributed by atoms with Crippen molar-refractivity contribution < 1.29 is 14.6 Å². The molecule has 0 bridgehead atoms. The molecule has 0 aliphatic carbocycles. The number of carbonyl (C=O) groups is 1. The first-order valence-corrected chi connectivity index (χ1v) is 7.08. The number of aromatic hydroxyl groups is 1. The van der Waals surface area contributed by atoms with E-state index in [1.807, 2.05) is 32.9 Å². The van der Waals surface area contributed by atoms with Gasteiger partial charge >= 0.3 is 6.09 Å². The second-order valence-electron chi connectivity index (χ2n) is 5.88. The summed E-state index contributed by atoms with van der Waals surface area (Å²) in [7, 11) is 0. The Morgan fingerprint density at radius 1 is 1.30 bits per heavy atom. The predicted molar refractivity (Wildman–Crippen MR) is 79.7 cm³/mol. The maximum atomic E-state index is 12.2. The quantitative estimate of drug-likeness (QED) is 0.888. The minimum absolute atomic E-state index is 0.206. The van der Waals surface area contributed by atoms with Crippen molar-refractivity contribution in [2.24, 2.45) is 0 Å². The van der Waals surface area contributed by atoms with Crippen LogP contribution in [0.3, 0.4) is 0 Å². The second-order valence-corrected chi connectivity index (χ2v) is 5.88. The molecule has 4 heteroatoms. The molecule has 0 aliphatic rings. The molecular weight excluding hydrogens is 254 g/mol. The summed E-state index contributed by atoms with van der Waals surface area (Å²) >= 11 is 0. The Balaban J connectivity index is 2.79. The number of phenolic OH excluding ortho intramolecular Hbond substituents is 1. The van der Waals surface area contributed by atoms with Gasteiger partial charge in [0.05, 0.1) is 6.54 Å². The number of ether oxygens (including phenoxy) is 1. The van der Waals surface area contributed by atoms with Crippen LogP contribution in [0.5, 0.6) is 5.75 Å². The van der Waals surface area contributed by atoms with Crippen LogP contribution >= 0.6 is 0 Å². The Hall–Kier alpha value is -1.71. The highest BCUT2D eigenvalue weighted by molar-refractivity contribution is 5.68. The molecule has 0 aliphatic heterocycles. The standard InChI is InChI=1S/C16H25NO3/c1-5-6-11-17(15(19)20-16(2,3)4)12-13-9-7-8-10-14(13)18/h7-10,18H,5-6,11-12H2,1-4H3. The molecular formula is C16H25NO3. The number of rotatable bonds is 5. The van der Waals surface area contributed by atoms with Gasteiger partial charge in [0.25, 0.3) is 0 Å². The fourth-order valence-electron chi connectivity index (χ4n) is 1.76. The van der Waals surface area contributed by atoms with E-state index in [2.05, 4.69) is 6.92 Å². The lowest BCUT2D eigenvalue weighted by molar-refractivity contribution is 0.0230.